The van der Waals surface area contributed by atoms with Gasteiger partial charge in [-0.2, -0.15) is 0 Å². The van der Waals surface area contributed by atoms with E-state index in [4.69, 9.17) is 9.47 Å². The van der Waals surface area contributed by atoms with Crippen molar-refractivity contribution in [2.75, 3.05) is 6.61 Å². The molecule has 8 heteroatoms. The van der Waals surface area contributed by atoms with Gasteiger partial charge in [0.05, 0.1) is 5.41 Å². The van der Waals surface area contributed by atoms with Crippen molar-refractivity contribution in [2.45, 2.75) is 149 Å². The molecule has 1 saturated carbocycles. The summed E-state index contributed by atoms with van der Waals surface area (Å²) in [7, 11) is 0. The Kier molecular flexibility index (Phi) is 11.5. The molecule has 0 aliphatic heterocycles. The lowest BCUT2D eigenvalue weighted by Crippen LogP contribution is -2.65. The summed E-state index contributed by atoms with van der Waals surface area (Å²) in [6, 6.07) is 0. The van der Waals surface area contributed by atoms with E-state index in [0.29, 0.717) is 12.0 Å². The summed E-state index contributed by atoms with van der Waals surface area (Å²) in [6.07, 6.45) is 10.8. The highest BCUT2D eigenvalue weighted by Crippen LogP contribution is 2.69. The molecule has 244 valence electrons. The van der Waals surface area contributed by atoms with E-state index in [2.05, 4.69) is 6.92 Å². The zero-order chi connectivity index (χ0) is 32.2. The third-order valence-corrected chi connectivity index (χ3v) is 11.1. The predicted molar refractivity (Wildman–Crippen MR) is 165 cm³/mol. The van der Waals surface area contributed by atoms with Gasteiger partial charge in [-0.25, -0.2) is 0 Å². The van der Waals surface area contributed by atoms with Crippen LogP contribution in [-0.2, 0) is 23.9 Å². The van der Waals surface area contributed by atoms with Crippen LogP contribution < -0.4 is 0 Å². The smallest absolute Gasteiger partial charge is 0.306 e. The van der Waals surface area contributed by atoms with Crippen molar-refractivity contribution in [3.8, 4) is 0 Å². The second-order valence-corrected chi connectivity index (χ2v) is 14.1. The molecule has 8 nitrogen and oxygen atoms in total. The molecule has 43 heavy (non-hydrogen) atoms. The predicted octanol–water partition coefficient (Wildman–Crippen LogP) is 5.75. The second-order valence-electron chi connectivity index (χ2n) is 14.1. The van der Waals surface area contributed by atoms with Crippen LogP contribution in [0.15, 0.2) is 23.3 Å². The van der Waals surface area contributed by atoms with Crippen LogP contribution in [0.3, 0.4) is 0 Å². The molecule has 0 amide bonds. The van der Waals surface area contributed by atoms with Gasteiger partial charge in [0.1, 0.15) is 35.8 Å². The molecular formula is C35H56O8. The van der Waals surface area contributed by atoms with Gasteiger partial charge in [-0.15, -0.1) is 0 Å². The van der Waals surface area contributed by atoms with Gasteiger partial charge in [0.15, 0.2) is 0 Å². The quantitative estimate of drug-likeness (QED) is 0.115. The van der Waals surface area contributed by atoms with E-state index in [-0.39, 0.29) is 48.1 Å². The highest BCUT2D eigenvalue weighted by atomic mass is 16.6. The fraction of sp³-hybridized carbons (Fsp3) is 0.800. The van der Waals surface area contributed by atoms with Crippen LogP contribution in [0.5, 0.6) is 0 Å². The summed E-state index contributed by atoms with van der Waals surface area (Å²) < 4.78 is 11.4. The summed E-state index contributed by atoms with van der Waals surface area (Å²) in [5, 5.41) is 35.0. The van der Waals surface area contributed by atoms with E-state index in [0.717, 1.165) is 19.3 Å². The number of allylic oxidation sites excluding steroid dienone is 1. The van der Waals surface area contributed by atoms with Gasteiger partial charge in [0, 0.05) is 31.1 Å². The topological polar surface area (TPSA) is 130 Å². The number of aliphatic hydroxyl groups is 3. The van der Waals surface area contributed by atoms with Crippen LogP contribution in [0.25, 0.3) is 0 Å². The summed E-state index contributed by atoms with van der Waals surface area (Å²) in [6.45, 7) is 12.7. The lowest BCUT2D eigenvalue weighted by molar-refractivity contribution is -0.193. The first-order valence-corrected chi connectivity index (χ1v) is 16.5. The molecule has 0 unspecified atom stereocenters. The number of ketones is 1. The van der Waals surface area contributed by atoms with E-state index in [1.807, 2.05) is 27.7 Å². The number of Topliss-reactive ketones (excluding diaryl/α,β-unsaturated/α-hetero) is 1. The average molecular weight is 605 g/mol. The maximum absolute atomic E-state index is 14.0. The van der Waals surface area contributed by atoms with E-state index in [1.54, 1.807) is 13.0 Å². The molecule has 1 fully saturated rings. The van der Waals surface area contributed by atoms with Crippen molar-refractivity contribution in [2.24, 2.45) is 22.7 Å². The van der Waals surface area contributed by atoms with Crippen molar-refractivity contribution >= 4 is 17.7 Å². The average Bonchev–Trinajstić information content (AvgIpc) is 3.27. The van der Waals surface area contributed by atoms with E-state index in [1.165, 1.54) is 51.5 Å². The van der Waals surface area contributed by atoms with Gasteiger partial charge in [-0.3, -0.25) is 14.4 Å². The Hall–Kier alpha value is -2.03. The Morgan fingerprint density at radius 3 is 2.12 bits per heavy atom. The number of hydrogen-bond acceptors (Lipinski definition) is 8. The Balaban J connectivity index is 1.75. The maximum Gasteiger partial charge on any atom is 0.306 e. The van der Waals surface area contributed by atoms with Crippen LogP contribution in [0, 0.1) is 22.7 Å². The standard InChI is InChI=1S/C35H56O8/c1-8-9-10-11-12-13-14-15-16-17-29(38)43-34(25(4)32(34,6)7)21-24(3)33-20-23(2)30(39)35(33,41)31(40)27(18-19-28(33)37)22-42-26(5)36/h18,20,24-25,30-31,39-41H,8-17,19,21-22H2,1-7H3/t24-,25-,30+,31-,33+,34+,35-/m1/s1. The molecule has 3 aliphatic rings. The molecular weight excluding hydrogens is 548 g/mol. The molecule has 0 spiro atoms. The van der Waals surface area contributed by atoms with Gasteiger partial charge < -0.3 is 24.8 Å². The molecule has 3 aliphatic carbocycles. The number of carbonyl (C=O) groups is 3. The number of carbonyl (C=O) groups excluding carboxylic acids is 3. The summed E-state index contributed by atoms with van der Waals surface area (Å²) in [5.41, 5.74) is -4.57. The van der Waals surface area contributed by atoms with Crippen LogP contribution >= 0.6 is 0 Å². The van der Waals surface area contributed by atoms with Crippen molar-refractivity contribution in [1.82, 2.24) is 0 Å². The number of esters is 2. The Morgan fingerprint density at radius 1 is 1.02 bits per heavy atom. The molecule has 7 atom stereocenters. The number of aliphatic hydroxyl groups excluding tert-OH is 2. The van der Waals surface area contributed by atoms with E-state index >= 15 is 0 Å². The molecule has 0 bridgehead atoms. The monoisotopic (exact) mass is 604 g/mol. The fourth-order valence-corrected chi connectivity index (χ4v) is 7.96. The number of rotatable bonds is 16. The molecule has 0 saturated heterocycles. The summed E-state index contributed by atoms with van der Waals surface area (Å²) in [5.74, 6) is -1.75. The molecule has 0 radical (unpaired) electrons. The highest BCUT2D eigenvalue weighted by Gasteiger charge is 2.75. The highest BCUT2D eigenvalue weighted by molar-refractivity contribution is 5.92. The van der Waals surface area contributed by atoms with Crippen LogP contribution in [0.4, 0.5) is 0 Å². The van der Waals surface area contributed by atoms with Gasteiger partial charge in [-0.05, 0) is 36.8 Å². The van der Waals surface area contributed by atoms with Crippen LogP contribution in [0.2, 0.25) is 0 Å². The Bertz CT molecular complexity index is 1090. The molecule has 0 aromatic rings. The van der Waals surface area contributed by atoms with E-state index < -0.39 is 40.7 Å². The second kappa shape index (κ2) is 13.9. The number of fused-ring (bicyclic) bond motifs is 1. The Labute approximate surface area is 258 Å². The van der Waals surface area contributed by atoms with Crippen molar-refractivity contribution in [3.63, 3.8) is 0 Å². The van der Waals surface area contributed by atoms with E-state index in [9.17, 15) is 29.7 Å². The fourth-order valence-electron chi connectivity index (χ4n) is 7.96. The number of ether oxygens (including phenoxy) is 2. The van der Waals surface area contributed by atoms with Crippen molar-refractivity contribution < 1.29 is 39.2 Å². The number of unbranched alkanes of at least 4 members (excludes halogenated alkanes) is 8. The molecule has 0 aromatic heterocycles. The van der Waals surface area contributed by atoms with Gasteiger partial charge in [-0.1, -0.05) is 98.1 Å². The van der Waals surface area contributed by atoms with Gasteiger partial charge in [0.2, 0.25) is 0 Å². The Morgan fingerprint density at radius 2 is 1.58 bits per heavy atom. The minimum absolute atomic E-state index is 0.0128. The van der Waals surface area contributed by atoms with Gasteiger partial charge in [0.25, 0.3) is 0 Å². The lowest BCUT2D eigenvalue weighted by Gasteiger charge is -2.48. The molecule has 3 N–H and O–H groups in total. The first-order chi connectivity index (χ1) is 20.1. The largest absolute Gasteiger partial charge is 0.461 e. The third-order valence-electron chi connectivity index (χ3n) is 11.1. The minimum Gasteiger partial charge on any atom is -0.461 e. The lowest BCUT2D eigenvalue weighted by atomic mass is 9.59. The molecule has 0 heterocycles. The third kappa shape index (κ3) is 6.53. The van der Waals surface area contributed by atoms with Crippen molar-refractivity contribution in [1.29, 1.82) is 0 Å². The normalized spacial score (nSPS) is 33.6. The minimum atomic E-state index is -2.28. The van der Waals surface area contributed by atoms with Gasteiger partial charge >= 0.3 is 11.9 Å². The SMILES string of the molecule is CCCCCCCCCCCC(=O)O[C@@]1(C[C@@H](C)[C@]23C=C(C)[C@H](O)[C@@]2(O)[C@H](O)C(COC(C)=O)=CCC3=O)[C@H](C)C1(C)C. The summed E-state index contributed by atoms with van der Waals surface area (Å²) >= 11 is 0. The molecule has 3 rings (SSSR count). The van der Waals surface area contributed by atoms with Crippen LogP contribution in [-0.4, -0.2) is 63.1 Å². The molecule has 0 aromatic carbocycles. The summed E-state index contributed by atoms with van der Waals surface area (Å²) in [4.78, 5) is 38.6. The number of hydrogen-bond donors (Lipinski definition) is 3. The first kappa shape index (κ1) is 35.4. The zero-order valence-electron chi connectivity index (χ0n) is 27.5. The van der Waals surface area contributed by atoms with Crippen LogP contribution in [0.1, 0.15) is 126 Å². The maximum atomic E-state index is 14.0. The first-order valence-electron chi connectivity index (χ1n) is 16.5. The zero-order valence-corrected chi connectivity index (χ0v) is 27.5. The van der Waals surface area contributed by atoms with Crippen molar-refractivity contribution in [3.05, 3.63) is 23.3 Å².